The Morgan fingerprint density at radius 1 is 1.14 bits per heavy atom. The van der Waals surface area contributed by atoms with Gasteiger partial charge in [0.2, 0.25) is 6.79 Å². The molecule has 0 bridgehead atoms. The molecule has 1 heterocycles. The van der Waals surface area contributed by atoms with Crippen LogP contribution in [0.25, 0.3) is 0 Å². The molecule has 2 aromatic rings. The van der Waals surface area contributed by atoms with Gasteiger partial charge in [0.25, 0.3) is 5.91 Å². The summed E-state index contributed by atoms with van der Waals surface area (Å²) in [4.78, 5) is 15.4. The summed E-state index contributed by atoms with van der Waals surface area (Å²) < 4.78 is 16.1. The number of primary amides is 1. The van der Waals surface area contributed by atoms with Crippen LogP contribution in [0.1, 0.15) is 18.1 Å². The van der Waals surface area contributed by atoms with Crippen molar-refractivity contribution in [1.82, 2.24) is 10.6 Å². The summed E-state index contributed by atoms with van der Waals surface area (Å²) in [6.07, 6.45) is 0. The minimum absolute atomic E-state index is 0.146. The van der Waals surface area contributed by atoms with Gasteiger partial charge < -0.3 is 30.6 Å². The molecule has 0 radical (unpaired) electrons. The second-order valence-corrected chi connectivity index (χ2v) is 6.14. The summed E-state index contributed by atoms with van der Waals surface area (Å²) in [7, 11) is 0. The van der Waals surface area contributed by atoms with Crippen LogP contribution in [0.5, 0.6) is 17.2 Å². The Balaban J connectivity index is 1.59. The van der Waals surface area contributed by atoms with Crippen LogP contribution >= 0.6 is 0 Å². The number of ether oxygens (including phenoxy) is 3. The lowest BCUT2D eigenvalue weighted by Crippen LogP contribution is -2.36. The summed E-state index contributed by atoms with van der Waals surface area (Å²) >= 11 is 0. The number of aliphatic imine (C=N–C) groups is 1. The molecular weight excluding hydrogens is 360 g/mol. The number of fused-ring (bicyclic) bond motifs is 1. The molecule has 0 fully saturated rings. The van der Waals surface area contributed by atoms with Crippen molar-refractivity contribution in [3.8, 4) is 17.2 Å². The second-order valence-electron chi connectivity index (χ2n) is 6.14. The number of nitrogens with zero attached hydrogens (tertiary/aromatic N) is 1. The highest BCUT2D eigenvalue weighted by atomic mass is 16.7. The molecule has 2 aromatic carbocycles. The molecule has 0 saturated carbocycles. The summed E-state index contributed by atoms with van der Waals surface area (Å²) in [6.45, 7) is 3.93. The second kappa shape index (κ2) is 9.50. The van der Waals surface area contributed by atoms with Crippen molar-refractivity contribution in [3.05, 3.63) is 53.6 Å². The molecule has 1 aliphatic rings. The van der Waals surface area contributed by atoms with E-state index in [2.05, 4.69) is 15.6 Å². The zero-order valence-electron chi connectivity index (χ0n) is 15.7. The number of carbonyl (C=O) groups excluding carboxylic acids is 1. The quantitative estimate of drug-likeness (QED) is 0.471. The van der Waals surface area contributed by atoms with E-state index in [-0.39, 0.29) is 13.4 Å². The third kappa shape index (κ3) is 5.54. The number of nitrogens with two attached hydrogens (primary N) is 1. The highest BCUT2D eigenvalue weighted by Crippen LogP contribution is 2.32. The van der Waals surface area contributed by atoms with E-state index < -0.39 is 5.91 Å². The first-order chi connectivity index (χ1) is 13.6. The molecule has 0 aromatic heterocycles. The number of carbonyl (C=O) groups is 1. The highest BCUT2D eigenvalue weighted by Gasteiger charge is 2.13. The Hall–Kier alpha value is -3.42. The van der Waals surface area contributed by atoms with Gasteiger partial charge in [-0.15, -0.1) is 0 Å². The van der Waals surface area contributed by atoms with E-state index in [1.54, 1.807) is 6.07 Å². The van der Waals surface area contributed by atoms with Crippen LogP contribution in [-0.4, -0.2) is 31.8 Å². The molecule has 0 aliphatic carbocycles. The van der Waals surface area contributed by atoms with E-state index in [1.165, 1.54) is 0 Å². The van der Waals surface area contributed by atoms with Gasteiger partial charge in [-0.2, -0.15) is 0 Å². The lowest BCUT2D eigenvalue weighted by molar-refractivity contribution is -0.119. The van der Waals surface area contributed by atoms with Crippen molar-refractivity contribution in [2.24, 2.45) is 10.7 Å². The molecule has 8 heteroatoms. The van der Waals surface area contributed by atoms with Crippen LogP contribution in [0.15, 0.2) is 47.5 Å². The van der Waals surface area contributed by atoms with Gasteiger partial charge in [-0.25, -0.2) is 4.99 Å². The summed E-state index contributed by atoms with van der Waals surface area (Å²) in [6, 6.07) is 13.3. The van der Waals surface area contributed by atoms with Crippen LogP contribution in [0.2, 0.25) is 0 Å². The normalized spacial score (nSPS) is 12.5. The fourth-order valence-corrected chi connectivity index (χ4v) is 2.64. The van der Waals surface area contributed by atoms with Crippen molar-refractivity contribution in [3.63, 3.8) is 0 Å². The summed E-state index contributed by atoms with van der Waals surface area (Å²) in [5.74, 6) is 2.30. The first kappa shape index (κ1) is 19.3. The summed E-state index contributed by atoms with van der Waals surface area (Å²) in [5.41, 5.74) is 7.13. The Morgan fingerprint density at radius 2 is 2.00 bits per heavy atom. The molecule has 8 nitrogen and oxygen atoms in total. The molecule has 0 saturated heterocycles. The topological polar surface area (TPSA) is 107 Å². The van der Waals surface area contributed by atoms with Gasteiger partial charge in [-0.1, -0.05) is 18.2 Å². The third-order valence-electron chi connectivity index (χ3n) is 3.94. The number of nitrogens with one attached hydrogen (secondary N) is 2. The molecule has 4 N–H and O–H groups in total. The smallest absolute Gasteiger partial charge is 0.255 e. The molecule has 28 heavy (non-hydrogen) atoms. The van der Waals surface area contributed by atoms with Gasteiger partial charge in [0.15, 0.2) is 24.1 Å². The molecular formula is C20H24N4O4. The largest absolute Gasteiger partial charge is 0.484 e. The summed E-state index contributed by atoms with van der Waals surface area (Å²) in [5, 5.41) is 6.52. The maximum Gasteiger partial charge on any atom is 0.255 e. The van der Waals surface area contributed by atoms with E-state index in [0.29, 0.717) is 24.8 Å². The molecule has 3 rings (SSSR count). The molecule has 0 atom stereocenters. The molecule has 1 amide bonds. The van der Waals surface area contributed by atoms with Gasteiger partial charge >= 0.3 is 0 Å². The van der Waals surface area contributed by atoms with Crippen LogP contribution in [0.3, 0.4) is 0 Å². The van der Waals surface area contributed by atoms with E-state index in [9.17, 15) is 4.79 Å². The number of benzene rings is 2. The van der Waals surface area contributed by atoms with Crippen molar-refractivity contribution in [1.29, 1.82) is 0 Å². The first-order valence-corrected chi connectivity index (χ1v) is 9.05. The molecule has 0 spiro atoms. The van der Waals surface area contributed by atoms with Crippen LogP contribution < -0.4 is 30.6 Å². The van der Waals surface area contributed by atoms with Gasteiger partial charge in [0.05, 0.1) is 6.54 Å². The lowest BCUT2D eigenvalue weighted by atomic mass is 10.2. The number of rotatable bonds is 8. The van der Waals surface area contributed by atoms with Crippen LogP contribution in [-0.2, 0) is 17.9 Å². The van der Waals surface area contributed by atoms with E-state index >= 15 is 0 Å². The predicted octanol–water partition coefficient (Wildman–Crippen LogP) is 1.53. The number of hydrogen-bond donors (Lipinski definition) is 3. The Kier molecular flexibility index (Phi) is 6.56. The van der Waals surface area contributed by atoms with Gasteiger partial charge in [-0.3, -0.25) is 4.79 Å². The Morgan fingerprint density at radius 3 is 2.82 bits per heavy atom. The van der Waals surface area contributed by atoms with E-state index in [4.69, 9.17) is 19.9 Å². The Labute approximate surface area is 163 Å². The monoisotopic (exact) mass is 384 g/mol. The maximum atomic E-state index is 10.8. The minimum atomic E-state index is -0.509. The Bertz CT molecular complexity index is 854. The zero-order valence-corrected chi connectivity index (χ0v) is 15.7. The zero-order chi connectivity index (χ0) is 19.8. The van der Waals surface area contributed by atoms with Gasteiger partial charge in [0, 0.05) is 13.1 Å². The SMILES string of the molecule is CCNC(=NCc1cccc(OCC(N)=O)c1)NCc1ccc2c(c1)OCO2. The van der Waals surface area contributed by atoms with Crippen molar-refractivity contribution in [2.45, 2.75) is 20.0 Å². The van der Waals surface area contributed by atoms with Crippen molar-refractivity contribution < 1.29 is 19.0 Å². The average molecular weight is 384 g/mol. The van der Waals surface area contributed by atoms with Crippen molar-refractivity contribution in [2.75, 3.05) is 19.9 Å². The fraction of sp³-hybridized carbons (Fsp3) is 0.300. The standard InChI is InChI=1S/C20H24N4O4/c1-2-22-20(24-11-15-6-7-17-18(9-15)28-13-27-17)23-10-14-4-3-5-16(8-14)26-12-19(21)25/h3-9H,2,10-13H2,1H3,(H2,21,25)(H2,22,23,24). The predicted molar refractivity (Wildman–Crippen MR) is 105 cm³/mol. The number of amides is 1. The molecule has 1 aliphatic heterocycles. The van der Waals surface area contributed by atoms with Gasteiger partial charge in [-0.05, 0) is 42.3 Å². The van der Waals surface area contributed by atoms with E-state index in [1.807, 2.05) is 43.3 Å². The van der Waals surface area contributed by atoms with Crippen LogP contribution in [0.4, 0.5) is 0 Å². The maximum absolute atomic E-state index is 10.8. The third-order valence-corrected chi connectivity index (χ3v) is 3.94. The number of guanidine groups is 1. The molecule has 148 valence electrons. The fourth-order valence-electron chi connectivity index (χ4n) is 2.64. The molecule has 0 unspecified atom stereocenters. The highest BCUT2D eigenvalue weighted by molar-refractivity contribution is 5.79. The van der Waals surface area contributed by atoms with Crippen molar-refractivity contribution >= 4 is 11.9 Å². The lowest BCUT2D eigenvalue weighted by Gasteiger charge is -2.12. The number of hydrogen-bond acceptors (Lipinski definition) is 5. The minimum Gasteiger partial charge on any atom is -0.484 e. The average Bonchev–Trinajstić information content (AvgIpc) is 3.16. The van der Waals surface area contributed by atoms with E-state index in [0.717, 1.165) is 29.2 Å². The first-order valence-electron chi connectivity index (χ1n) is 9.05. The van der Waals surface area contributed by atoms with Gasteiger partial charge in [0.1, 0.15) is 5.75 Å². The van der Waals surface area contributed by atoms with Crippen LogP contribution in [0, 0.1) is 0 Å².